The van der Waals surface area contributed by atoms with Crippen LogP contribution in [0.5, 0.6) is 0 Å². The SMILES string of the molecule is C=C(NC)c1ccc(F)cn1. The van der Waals surface area contributed by atoms with E-state index in [1.54, 1.807) is 13.1 Å². The molecule has 2 nitrogen and oxygen atoms in total. The lowest BCUT2D eigenvalue weighted by Crippen LogP contribution is -2.04. The summed E-state index contributed by atoms with van der Waals surface area (Å²) >= 11 is 0. The molecule has 0 unspecified atom stereocenters. The number of rotatable bonds is 2. The molecule has 1 aromatic heterocycles. The number of hydrogen-bond acceptors (Lipinski definition) is 2. The van der Waals surface area contributed by atoms with Gasteiger partial charge in [-0.05, 0) is 12.1 Å². The molecule has 1 N–H and O–H groups in total. The summed E-state index contributed by atoms with van der Waals surface area (Å²) in [6.07, 6.45) is 1.16. The maximum atomic E-state index is 12.3. The Morgan fingerprint density at radius 3 is 2.82 bits per heavy atom. The van der Waals surface area contributed by atoms with Crippen LogP contribution in [0.3, 0.4) is 0 Å². The molecule has 0 aliphatic carbocycles. The molecule has 1 heterocycles. The summed E-state index contributed by atoms with van der Waals surface area (Å²) in [5.74, 6) is -0.336. The molecule has 0 atom stereocenters. The average Bonchev–Trinajstić information content (AvgIpc) is 2.05. The van der Waals surface area contributed by atoms with Gasteiger partial charge in [-0.15, -0.1) is 0 Å². The molecule has 0 saturated carbocycles. The highest BCUT2D eigenvalue weighted by molar-refractivity contribution is 5.57. The van der Waals surface area contributed by atoms with Crippen molar-refractivity contribution >= 4 is 5.70 Å². The van der Waals surface area contributed by atoms with E-state index in [4.69, 9.17) is 0 Å². The average molecular weight is 152 g/mol. The van der Waals surface area contributed by atoms with Gasteiger partial charge in [-0.3, -0.25) is 4.98 Å². The minimum Gasteiger partial charge on any atom is -0.387 e. The van der Waals surface area contributed by atoms with E-state index in [1.807, 2.05) is 0 Å². The number of aromatic nitrogens is 1. The third-order valence-corrected chi connectivity index (χ3v) is 1.34. The van der Waals surface area contributed by atoms with Crippen LogP contribution in [-0.4, -0.2) is 12.0 Å². The Morgan fingerprint density at radius 2 is 2.36 bits per heavy atom. The summed E-state index contributed by atoms with van der Waals surface area (Å²) in [7, 11) is 1.74. The molecular weight excluding hydrogens is 143 g/mol. The van der Waals surface area contributed by atoms with Gasteiger partial charge in [0.05, 0.1) is 17.6 Å². The summed E-state index contributed by atoms with van der Waals surface area (Å²) in [6.45, 7) is 3.68. The zero-order valence-corrected chi connectivity index (χ0v) is 6.26. The van der Waals surface area contributed by atoms with Gasteiger partial charge in [0.25, 0.3) is 0 Å². The van der Waals surface area contributed by atoms with Crippen LogP contribution < -0.4 is 5.32 Å². The zero-order valence-electron chi connectivity index (χ0n) is 6.26. The van der Waals surface area contributed by atoms with E-state index in [9.17, 15) is 4.39 Å². The first-order valence-electron chi connectivity index (χ1n) is 3.22. The lowest BCUT2D eigenvalue weighted by atomic mass is 10.3. The monoisotopic (exact) mass is 152 g/mol. The number of hydrogen-bond donors (Lipinski definition) is 1. The molecule has 3 heteroatoms. The molecule has 1 rings (SSSR count). The Morgan fingerprint density at radius 1 is 1.64 bits per heavy atom. The van der Waals surface area contributed by atoms with Crippen LogP contribution in [0.2, 0.25) is 0 Å². The number of nitrogens with one attached hydrogen (secondary N) is 1. The van der Waals surface area contributed by atoms with E-state index in [2.05, 4.69) is 16.9 Å². The van der Waals surface area contributed by atoms with Crippen LogP contribution in [0.1, 0.15) is 5.69 Å². The van der Waals surface area contributed by atoms with Gasteiger partial charge in [-0.1, -0.05) is 6.58 Å². The lowest BCUT2D eigenvalue weighted by Gasteiger charge is -2.01. The molecule has 0 spiro atoms. The quantitative estimate of drug-likeness (QED) is 0.693. The maximum Gasteiger partial charge on any atom is 0.141 e. The number of nitrogens with zero attached hydrogens (tertiary/aromatic N) is 1. The summed E-state index contributed by atoms with van der Waals surface area (Å²) in [4.78, 5) is 3.81. The van der Waals surface area contributed by atoms with Crippen LogP contribution in [0.15, 0.2) is 24.9 Å². The molecule has 0 aromatic carbocycles. The van der Waals surface area contributed by atoms with Gasteiger partial charge < -0.3 is 5.32 Å². The summed E-state index contributed by atoms with van der Waals surface area (Å²) < 4.78 is 12.3. The molecule has 0 fully saturated rings. The molecule has 0 radical (unpaired) electrons. The fourth-order valence-electron chi connectivity index (χ4n) is 0.682. The molecule has 1 aromatic rings. The number of halogens is 1. The second-order valence-corrected chi connectivity index (χ2v) is 2.09. The Hall–Kier alpha value is -1.38. The van der Waals surface area contributed by atoms with E-state index in [0.29, 0.717) is 11.4 Å². The van der Waals surface area contributed by atoms with Crippen LogP contribution in [-0.2, 0) is 0 Å². The summed E-state index contributed by atoms with van der Waals surface area (Å²) in [5.41, 5.74) is 1.35. The Bertz CT molecular complexity index is 253. The van der Waals surface area contributed by atoms with Crippen molar-refractivity contribution in [2.24, 2.45) is 0 Å². The molecule has 0 bridgehead atoms. The Labute approximate surface area is 64.8 Å². The van der Waals surface area contributed by atoms with Gasteiger partial charge in [-0.25, -0.2) is 4.39 Å². The lowest BCUT2D eigenvalue weighted by molar-refractivity contribution is 0.621. The van der Waals surface area contributed by atoms with Crippen LogP contribution in [0.4, 0.5) is 4.39 Å². The Balaban J connectivity index is 2.90. The largest absolute Gasteiger partial charge is 0.387 e. The highest BCUT2D eigenvalue weighted by Crippen LogP contribution is 2.04. The first kappa shape index (κ1) is 7.72. The highest BCUT2D eigenvalue weighted by atomic mass is 19.1. The second kappa shape index (κ2) is 3.14. The van der Waals surface area contributed by atoms with Crippen LogP contribution in [0.25, 0.3) is 5.70 Å². The molecule has 0 aliphatic rings. The standard InChI is InChI=1S/C8H9FN2/c1-6(10-2)8-4-3-7(9)5-11-8/h3-5,10H,1H2,2H3. The smallest absolute Gasteiger partial charge is 0.141 e. The van der Waals surface area contributed by atoms with Crippen LogP contribution >= 0.6 is 0 Å². The minimum absolute atomic E-state index is 0.336. The van der Waals surface area contributed by atoms with Gasteiger partial charge in [0.1, 0.15) is 5.82 Å². The van der Waals surface area contributed by atoms with Crippen molar-refractivity contribution in [3.63, 3.8) is 0 Å². The third-order valence-electron chi connectivity index (χ3n) is 1.34. The molecule has 58 valence electrons. The van der Waals surface area contributed by atoms with Gasteiger partial charge in [-0.2, -0.15) is 0 Å². The molecular formula is C8H9FN2. The third kappa shape index (κ3) is 1.77. The van der Waals surface area contributed by atoms with Crippen molar-refractivity contribution in [2.75, 3.05) is 7.05 Å². The first-order chi connectivity index (χ1) is 5.24. The van der Waals surface area contributed by atoms with Crippen molar-refractivity contribution in [2.45, 2.75) is 0 Å². The predicted molar refractivity (Wildman–Crippen MR) is 42.3 cm³/mol. The highest BCUT2D eigenvalue weighted by Gasteiger charge is 1.96. The molecule has 0 amide bonds. The summed E-state index contributed by atoms with van der Waals surface area (Å²) in [5, 5.41) is 2.82. The van der Waals surface area contributed by atoms with Gasteiger partial charge >= 0.3 is 0 Å². The Kier molecular flexibility index (Phi) is 2.21. The van der Waals surface area contributed by atoms with Crippen molar-refractivity contribution in [3.05, 3.63) is 36.4 Å². The molecule has 0 saturated heterocycles. The van der Waals surface area contributed by atoms with E-state index in [-0.39, 0.29) is 5.82 Å². The van der Waals surface area contributed by atoms with Gasteiger partial charge in [0, 0.05) is 7.05 Å². The molecule has 0 aliphatic heterocycles. The second-order valence-electron chi connectivity index (χ2n) is 2.09. The van der Waals surface area contributed by atoms with E-state index in [1.165, 1.54) is 6.07 Å². The van der Waals surface area contributed by atoms with E-state index >= 15 is 0 Å². The predicted octanol–water partition coefficient (Wildman–Crippen LogP) is 1.41. The van der Waals surface area contributed by atoms with Crippen LogP contribution in [0, 0.1) is 5.82 Å². The van der Waals surface area contributed by atoms with Gasteiger partial charge in [0.15, 0.2) is 0 Å². The number of pyridine rings is 1. The minimum atomic E-state index is -0.336. The summed E-state index contributed by atoms with van der Waals surface area (Å²) in [6, 6.07) is 2.93. The fraction of sp³-hybridized carbons (Fsp3) is 0.125. The normalized spacial score (nSPS) is 9.27. The van der Waals surface area contributed by atoms with Crippen molar-refractivity contribution in [3.8, 4) is 0 Å². The zero-order chi connectivity index (χ0) is 8.27. The van der Waals surface area contributed by atoms with Crippen molar-refractivity contribution in [1.29, 1.82) is 0 Å². The van der Waals surface area contributed by atoms with Crippen molar-refractivity contribution in [1.82, 2.24) is 10.3 Å². The van der Waals surface area contributed by atoms with E-state index < -0.39 is 0 Å². The fourth-order valence-corrected chi connectivity index (χ4v) is 0.682. The molecule has 11 heavy (non-hydrogen) atoms. The van der Waals surface area contributed by atoms with Crippen molar-refractivity contribution < 1.29 is 4.39 Å². The van der Waals surface area contributed by atoms with E-state index in [0.717, 1.165) is 6.20 Å². The maximum absolute atomic E-state index is 12.3. The van der Waals surface area contributed by atoms with Gasteiger partial charge in [0.2, 0.25) is 0 Å². The first-order valence-corrected chi connectivity index (χ1v) is 3.22. The topological polar surface area (TPSA) is 24.9 Å².